The van der Waals surface area contributed by atoms with Crippen molar-refractivity contribution in [1.29, 1.82) is 0 Å². The largest absolute Gasteiger partial charge is 0.266 e. The Morgan fingerprint density at radius 1 is 0.800 bits per heavy atom. The van der Waals surface area contributed by atoms with Crippen molar-refractivity contribution in [3.8, 4) is 11.1 Å². The molecular weight excluding hydrogens is 381 g/mol. The van der Waals surface area contributed by atoms with Crippen LogP contribution in [0.25, 0.3) is 17.2 Å². The molecule has 0 saturated heterocycles. The van der Waals surface area contributed by atoms with Crippen LogP contribution in [0.4, 0.5) is 13.2 Å². The second-order valence-electron chi connectivity index (χ2n) is 7.58. The summed E-state index contributed by atoms with van der Waals surface area (Å²) in [6.07, 6.45) is 4.38. The third-order valence-electron chi connectivity index (χ3n) is 5.32. The van der Waals surface area contributed by atoms with Crippen molar-refractivity contribution in [2.45, 2.75) is 46.0 Å². The lowest BCUT2D eigenvalue weighted by Gasteiger charge is -2.08. The van der Waals surface area contributed by atoms with Crippen LogP contribution in [-0.2, 0) is 12.8 Å². The molecule has 0 aliphatic rings. The SMILES string of the molecule is CCCc1ccc(-c2ccc(CC/C=C/c3ccc(C)c(C(F)F)c3F)cc2)cc1. The maximum atomic E-state index is 14.3. The number of alkyl halides is 2. The van der Waals surface area contributed by atoms with Gasteiger partial charge in [-0.1, -0.05) is 86.2 Å². The maximum Gasteiger partial charge on any atom is 0.266 e. The minimum atomic E-state index is -2.81. The third kappa shape index (κ3) is 5.41. The fraction of sp³-hybridized carbons (Fsp3) is 0.259. The van der Waals surface area contributed by atoms with Crippen molar-refractivity contribution in [3.05, 3.63) is 100 Å². The van der Waals surface area contributed by atoms with E-state index in [9.17, 15) is 13.2 Å². The van der Waals surface area contributed by atoms with E-state index in [2.05, 4.69) is 55.5 Å². The molecular formula is C27H27F3. The Morgan fingerprint density at radius 2 is 1.37 bits per heavy atom. The average molecular weight is 409 g/mol. The monoisotopic (exact) mass is 408 g/mol. The Labute approximate surface area is 177 Å². The summed E-state index contributed by atoms with van der Waals surface area (Å²) in [5.41, 5.74) is 4.90. The number of hydrogen-bond acceptors (Lipinski definition) is 0. The Bertz CT molecular complexity index is 984. The Hall–Kier alpha value is -2.81. The molecule has 0 radical (unpaired) electrons. The molecule has 3 heteroatoms. The smallest absolute Gasteiger partial charge is 0.206 e. The van der Waals surface area contributed by atoms with Crippen LogP contribution in [0.1, 0.15) is 54.0 Å². The van der Waals surface area contributed by atoms with Crippen LogP contribution in [-0.4, -0.2) is 0 Å². The molecule has 0 aromatic heterocycles. The summed E-state index contributed by atoms with van der Waals surface area (Å²) in [5.74, 6) is -0.824. The highest BCUT2D eigenvalue weighted by Crippen LogP contribution is 2.28. The highest BCUT2D eigenvalue weighted by molar-refractivity contribution is 5.64. The summed E-state index contributed by atoms with van der Waals surface area (Å²) in [4.78, 5) is 0. The van der Waals surface area contributed by atoms with Crippen LogP contribution in [0.2, 0.25) is 0 Å². The number of halogens is 3. The second kappa shape index (κ2) is 10.3. The predicted octanol–water partition coefficient (Wildman–Crippen LogP) is 8.34. The molecule has 156 valence electrons. The first kappa shape index (κ1) is 21.9. The number of hydrogen-bond donors (Lipinski definition) is 0. The Kier molecular flexibility index (Phi) is 7.51. The van der Waals surface area contributed by atoms with E-state index in [0.717, 1.165) is 19.3 Å². The van der Waals surface area contributed by atoms with E-state index in [1.807, 2.05) is 6.08 Å². The molecule has 0 nitrogen and oxygen atoms in total. The summed E-state index contributed by atoms with van der Waals surface area (Å²) >= 11 is 0. The zero-order valence-electron chi connectivity index (χ0n) is 17.5. The molecule has 0 aliphatic carbocycles. The minimum absolute atomic E-state index is 0.206. The van der Waals surface area contributed by atoms with Gasteiger partial charge in [-0.25, -0.2) is 13.2 Å². The van der Waals surface area contributed by atoms with E-state index in [1.165, 1.54) is 35.2 Å². The van der Waals surface area contributed by atoms with E-state index in [0.29, 0.717) is 6.42 Å². The fourth-order valence-electron chi connectivity index (χ4n) is 3.58. The topological polar surface area (TPSA) is 0 Å². The molecule has 0 unspecified atom stereocenters. The molecule has 0 spiro atoms. The summed E-state index contributed by atoms with van der Waals surface area (Å²) in [6.45, 7) is 3.68. The lowest BCUT2D eigenvalue weighted by molar-refractivity contribution is 0.145. The molecule has 3 aromatic carbocycles. The number of aryl methyl sites for hydroxylation is 3. The first-order valence-corrected chi connectivity index (χ1v) is 10.4. The zero-order chi connectivity index (χ0) is 21.5. The van der Waals surface area contributed by atoms with Crippen LogP contribution in [0.5, 0.6) is 0 Å². The summed E-state index contributed by atoms with van der Waals surface area (Å²) in [7, 11) is 0. The second-order valence-corrected chi connectivity index (χ2v) is 7.58. The van der Waals surface area contributed by atoms with Gasteiger partial charge in [-0.2, -0.15) is 0 Å². The van der Waals surface area contributed by atoms with E-state index in [4.69, 9.17) is 0 Å². The van der Waals surface area contributed by atoms with Gasteiger partial charge in [0.15, 0.2) is 0 Å². The molecule has 0 aliphatic heterocycles. The summed E-state index contributed by atoms with van der Waals surface area (Å²) in [5, 5.41) is 0. The number of benzene rings is 3. The third-order valence-corrected chi connectivity index (χ3v) is 5.32. The average Bonchev–Trinajstić information content (AvgIpc) is 2.74. The predicted molar refractivity (Wildman–Crippen MR) is 119 cm³/mol. The first-order valence-electron chi connectivity index (χ1n) is 10.4. The molecule has 0 fully saturated rings. The quantitative estimate of drug-likeness (QED) is 0.351. The van der Waals surface area contributed by atoms with Gasteiger partial charge in [0.1, 0.15) is 5.82 Å². The summed E-state index contributed by atoms with van der Waals surface area (Å²) in [6, 6.07) is 20.2. The lowest BCUT2D eigenvalue weighted by Crippen LogP contribution is -1.97. The molecule has 0 N–H and O–H groups in total. The molecule has 0 heterocycles. The Morgan fingerprint density at radius 3 is 1.90 bits per heavy atom. The van der Waals surface area contributed by atoms with Crippen molar-refractivity contribution >= 4 is 6.08 Å². The molecule has 30 heavy (non-hydrogen) atoms. The van der Waals surface area contributed by atoms with Gasteiger partial charge in [-0.3, -0.25) is 0 Å². The van der Waals surface area contributed by atoms with Gasteiger partial charge in [-0.15, -0.1) is 0 Å². The first-order chi connectivity index (χ1) is 14.5. The van der Waals surface area contributed by atoms with E-state index < -0.39 is 17.8 Å². The molecule has 0 atom stereocenters. The van der Waals surface area contributed by atoms with Crippen molar-refractivity contribution in [2.24, 2.45) is 0 Å². The van der Waals surface area contributed by atoms with Crippen molar-refractivity contribution < 1.29 is 13.2 Å². The van der Waals surface area contributed by atoms with Crippen molar-refractivity contribution in [1.82, 2.24) is 0 Å². The highest BCUT2D eigenvalue weighted by atomic mass is 19.3. The maximum absolute atomic E-state index is 14.3. The molecule has 0 amide bonds. The van der Waals surface area contributed by atoms with Gasteiger partial charge in [-0.05, 0) is 54.0 Å². The van der Waals surface area contributed by atoms with Crippen LogP contribution in [0, 0.1) is 12.7 Å². The van der Waals surface area contributed by atoms with Gasteiger partial charge < -0.3 is 0 Å². The Balaban J connectivity index is 1.60. The van der Waals surface area contributed by atoms with Gasteiger partial charge in [0, 0.05) is 5.56 Å². The molecule has 0 bridgehead atoms. The van der Waals surface area contributed by atoms with Crippen LogP contribution >= 0.6 is 0 Å². The molecule has 3 rings (SSSR count). The lowest BCUT2D eigenvalue weighted by atomic mass is 10.00. The molecule has 0 saturated carbocycles. The van der Waals surface area contributed by atoms with Gasteiger partial charge in [0.05, 0.1) is 5.56 Å². The van der Waals surface area contributed by atoms with Crippen molar-refractivity contribution in [2.75, 3.05) is 0 Å². The molecule has 3 aromatic rings. The van der Waals surface area contributed by atoms with Gasteiger partial charge >= 0.3 is 0 Å². The zero-order valence-corrected chi connectivity index (χ0v) is 17.5. The van der Waals surface area contributed by atoms with Crippen molar-refractivity contribution in [3.63, 3.8) is 0 Å². The highest BCUT2D eigenvalue weighted by Gasteiger charge is 2.18. The van der Waals surface area contributed by atoms with Crippen LogP contribution in [0.15, 0.2) is 66.7 Å². The van der Waals surface area contributed by atoms with E-state index in [1.54, 1.807) is 12.1 Å². The number of rotatable bonds is 8. The normalized spacial score (nSPS) is 11.5. The van der Waals surface area contributed by atoms with Gasteiger partial charge in [0.2, 0.25) is 0 Å². The van der Waals surface area contributed by atoms with E-state index in [-0.39, 0.29) is 11.1 Å². The van der Waals surface area contributed by atoms with E-state index >= 15 is 0 Å². The van der Waals surface area contributed by atoms with Crippen LogP contribution in [0.3, 0.4) is 0 Å². The fourth-order valence-corrected chi connectivity index (χ4v) is 3.58. The number of allylic oxidation sites excluding steroid dienone is 1. The van der Waals surface area contributed by atoms with Crippen LogP contribution < -0.4 is 0 Å². The summed E-state index contributed by atoms with van der Waals surface area (Å²) < 4.78 is 40.3. The van der Waals surface area contributed by atoms with Gasteiger partial charge in [0.25, 0.3) is 6.43 Å². The minimum Gasteiger partial charge on any atom is -0.206 e. The standard InChI is InChI=1S/C27H27F3/c1-3-6-20-10-15-22(16-11-20)23-17-12-21(13-18-23)7-4-5-8-24-14-9-19(2)25(26(24)28)27(29)30/h5,8-18,27H,3-4,6-7H2,1-2H3/b8-5+.